The van der Waals surface area contributed by atoms with Crippen molar-refractivity contribution < 1.29 is 18.6 Å². The molecule has 1 aliphatic rings. The topological polar surface area (TPSA) is 29.5 Å². The maximum absolute atomic E-state index is 13.8. The molecule has 2 aromatic rings. The summed E-state index contributed by atoms with van der Waals surface area (Å²) < 4.78 is 32.7. The molecule has 20 heavy (non-hydrogen) atoms. The Bertz CT molecular complexity index is 660. The van der Waals surface area contributed by atoms with Crippen LogP contribution < -0.4 is 4.74 Å². The second kappa shape index (κ2) is 5.04. The van der Waals surface area contributed by atoms with Crippen LogP contribution in [0.15, 0.2) is 36.4 Å². The average molecular weight is 297 g/mol. The van der Waals surface area contributed by atoms with Crippen molar-refractivity contribution in [2.75, 3.05) is 0 Å². The summed E-state index contributed by atoms with van der Waals surface area (Å²) in [4.78, 5) is 0. The molecule has 0 radical (unpaired) electrons. The smallest absolute Gasteiger partial charge is 0.130 e. The molecular weight excluding hydrogens is 286 g/mol. The van der Waals surface area contributed by atoms with E-state index in [0.717, 1.165) is 0 Å². The van der Waals surface area contributed by atoms with Crippen LogP contribution in [0.1, 0.15) is 29.8 Å². The van der Waals surface area contributed by atoms with Gasteiger partial charge in [0.05, 0.1) is 6.10 Å². The number of aliphatic hydroxyl groups excluding tert-OH is 1. The van der Waals surface area contributed by atoms with Gasteiger partial charge in [-0.1, -0.05) is 11.6 Å². The number of halogens is 3. The molecule has 2 atom stereocenters. The first-order valence-corrected chi connectivity index (χ1v) is 6.51. The third kappa shape index (κ3) is 2.37. The van der Waals surface area contributed by atoms with E-state index < -0.39 is 23.8 Å². The van der Waals surface area contributed by atoms with Gasteiger partial charge in [-0.3, -0.25) is 0 Å². The number of fused-ring (bicyclic) bond motifs is 1. The minimum Gasteiger partial charge on any atom is -0.485 e. The van der Waals surface area contributed by atoms with Crippen molar-refractivity contribution in [3.05, 3.63) is 64.2 Å². The summed E-state index contributed by atoms with van der Waals surface area (Å²) in [7, 11) is 0. The minimum absolute atomic E-state index is 0.190. The van der Waals surface area contributed by atoms with E-state index in [2.05, 4.69) is 0 Å². The fourth-order valence-electron chi connectivity index (χ4n) is 2.37. The zero-order valence-corrected chi connectivity index (χ0v) is 11.1. The van der Waals surface area contributed by atoms with Crippen molar-refractivity contribution in [1.82, 2.24) is 0 Å². The van der Waals surface area contributed by atoms with Crippen LogP contribution in [0.25, 0.3) is 0 Å². The lowest BCUT2D eigenvalue weighted by atomic mass is 9.95. The van der Waals surface area contributed by atoms with Crippen LogP contribution in [0.5, 0.6) is 5.75 Å². The Morgan fingerprint density at radius 1 is 1.10 bits per heavy atom. The predicted octanol–water partition coefficient (Wildman–Crippen LogP) is 4.18. The Hall–Kier alpha value is -1.65. The molecule has 0 spiro atoms. The molecule has 5 heteroatoms. The second-order valence-corrected chi connectivity index (χ2v) is 5.14. The quantitative estimate of drug-likeness (QED) is 0.855. The van der Waals surface area contributed by atoms with Crippen molar-refractivity contribution in [3.8, 4) is 5.75 Å². The molecule has 3 rings (SSSR count). The molecule has 0 bridgehead atoms. The molecule has 0 fully saturated rings. The molecule has 1 aliphatic heterocycles. The average Bonchev–Trinajstić information content (AvgIpc) is 2.41. The van der Waals surface area contributed by atoms with Crippen molar-refractivity contribution in [2.24, 2.45) is 0 Å². The van der Waals surface area contributed by atoms with Gasteiger partial charge in [-0.05, 0) is 30.3 Å². The monoisotopic (exact) mass is 296 g/mol. The van der Waals surface area contributed by atoms with Crippen LogP contribution in [0.3, 0.4) is 0 Å². The number of hydrogen-bond donors (Lipinski definition) is 1. The lowest BCUT2D eigenvalue weighted by Crippen LogP contribution is -2.20. The molecule has 0 saturated heterocycles. The first kappa shape index (κ1) is 13.3. The fraction of sp³-hybridized carbons (Fsp3) is 0.200. The first-order chi connectivity index (χ1) is 9.54. The molecule has 1 heterocycles. The van der Waals surface area contributed by atoms with Gasteiger partial charge in [-0.2, -0.15) is 0 Å². The largest absolute Gasteiger partial charge is 0.485 e. The molecule has 1 N–H and O–H groups in total. The second-order valence-electron chi connectivity index (χ2n) is 4.71. The number of ether oxygens (including phenoxy) is 1. The number of hydrogen-bond acceptors (Lipinski definition) is 2. The SMILES string of the molecule is OC1CC(c2cc(Cl)ccc2F)Oc2cc(F)ccc21. The third-order valence-corrected chi connectivity index (χ3v) is 3.58. The zero-order valence-electron chi connectivity index (χ0n) is 10.3. The van der Waals surface area contributed by atoms with E-state index in [4.69, 9.17) is 16.3 Å². The molecule has 0 aromatic heterocycles. The van der Waals surface area contributed by atoms with Crippen molar-refractivity contribution in [2.45, 2.75) is 18.6 Å². The standard InChI is InChI=1S/C15H11ClF2O2/c16-8-1-4-12(18)11(5-8)15-7-13(19)10-3-2-9(17)6-14(10)20-15/h1-6,13,15,19H,7H2. The summed E-state index contributed by atoms with van der Waals surface area (Å²) in [6.45, 7) is 0. The van der Waals surface area contributed by atoms with E-state index in [9.17, 15) is 13.9 Å². The Morgan fingerprint density at radius 2 is 1.90 bits per heavy atom. The predicted molar refractivity (Wildman–Crippen MR) is 70.8 cm³/mol. The Kier molecular flexibility index (Phi) is 3.36. The number of aliphatic hydroxyl groups is 1. The summed E-state index contributed by atoms with van der Waals surface area (Å²) >= 11 is 5.85. The summed E-state index contributed by atoms with van der Waals surface area (Å²) in [6, 6.07) is 8.05. The molecule has 0 saturated carbocycles. The minimum atomic E-state index is -0.831. The van der Waals surface area contributed by atoms with Gasteiger partial charge in [0.15, 0.2) is 0 Å². The number of benzene rings is 2. The highest BCUT2D eigenvalue weighted by Gasteiger charge is 2.30. The highest BCUT2D eigenvalue weighted by Crippen LogP contribution is 2.41. The van der Waals surface area contributed by atoms with Crippen molar-refractivity contribution in [1.29, 1.82) is 0 Å². The van der Waals surface area contributed by atoms with Gasteiger partial charge in [0.25, 0.3) is 0 Å². The lowest BCUT2D eigenvalue weighted by molar-refractivity contribution is 0.0636. The highest BCUT2D eigenvalue weighted by atomic mass is 35.5. The highest BCUT2D eigenvalue weighted by molar-refractivity contribution is 6.30. The van der Waals surface area contributed by atoms with Crippen LogP contribution >= 0.6 is 11.6 Å². The van der Waals surface area contributed by atoms with Gasteiger partial charge >= 0.3 is 0 Å². The fourth-order valence-corrected chi connectivity index (χ4v) is 2.55. The van der Waals surface area contributed by atoms with Gasteiger partial charge in [-0.15, -0.1) is 0 Å². The molecule has 2 aromatic carbocycles. The van der Waals surface area contributed by atoms with E-state index in [-0.39, 0.29) is 17.7 Å². The van der Waals surface area contributed by atoms with E-state index in [1.54, 1.807) is 0 Å². The molecule has 0 amide bonds. The lowest BCUT2D eigenvalue weighted by Gasteiger charge is -2.30. The van der Waals surface area contributed by atoms with Crippen LogP contribution in [0.2, 0.25) is 5.02 Å². The zero-order chi connectivity index (χ0) is 14.3. The van der Waals surface area contributed by atoms with Gasteiger partial charge in [0.2, 0.25) is 0 Å². The molecule has 104 valence electrons. The summed E-state index contributed by atoms with van der Waals surface area (Å²) in [5.74, 6) is -0.706. The molecule has 2 unspecified atom stereocenters. The van der Waals surface area contributed by atoms with Gasteiger partial charge < -0.3 is 9.84 Å². The Balaban J connectivity index is 2.00. The van der Waals surface area contributed by atoms with Crippen molar-refractivity contribution in [3.63, 3.8) is 0 Å². The Labute approximate surface area is 119 Å². The normalized spacial score (nSPS) is 21.2. The molecular formula is C15H11ClF2O2. The van der Waals surface area contributed by atoms with Crippen LogP contribution in [-0.4, -0.2) is 5.11 Å². The number of rotatable bonds is 1. The van der Waals surface area contributed by atoms with Crippen LogP contribution in [0, 0.1) is 11.6 Å². The van der Waals surface area contributed by atoms with Crippen LogP contribution in [-0.2, 0) is 0 Å². The van der Waals surface area contributed by atoms with Crippen molar-refractivity contribution >= 4 is 11.6 Å². The van der Waals surface area contributed by atoms with E-state index in [0.29, 0.717) is 10.6 Å². The maximum atomic E-state index is 13.8. The molecule has 2 nitrogen and oxygen atoms in total. The van der Waals surface area contributed by atoms with E-state index in [1.807, 2.05) is 0 Å². The van der Waals surface area contributed by atoms with E-state index in [1.165, 1.54) is 36.4 Å². The van der Waals surface area contributed by atoms with Crippen LogP contribution in [0.4, 0.5) is 8.78 Å². The van der Waals surface area contributed by atoms with Gasteiger partial charge in [0.1, 0.15) is 23.5 Å². The van der Waals surface area contributed by atoms with E-state index >= 15 is 0 Å². The van der Waals surface area contributed by atoms with Gasteiger partial charge in [0, 0.05) is 28.6 Å². The Morgan fingerprint density at radius 3 is 2.70 bits per heavy atom. The third-order valence-electron chi connectivity index (χ3n) is 3.35. The maximum Gasteiger partial charge on any atom is 0.130 e. The van der Waals surface area contributed by atoms with Gasteiger partial charge in [-0.25, -0.2) is 8.78 Å². The first-order valence-electron chi connectivity index (χ1n) is 6.13. The summed E-state index contributed by atoms with van der Waals surface area (Å²) in [5, 5.41) is 10.5. The molecule has 0 aliphatic carbocycles. The summed E-state index contributed by atoms with van der Waals surface area (Å²) in [5.41, 5.74) is 0.761. The summed E-state index contributed by atoms with van der Waals surface area (Å²) in [6.07, 6.45) is -1.34.